The van der Waals surface area contributed by atoms with E-state index in [0.717, 1.165) is 17.1 Å². The largest absolute Gasteiger partial charge is 0.481 e. The number of carbonyl (C=O) groups is 2. The summed E-state index contributed by atoms with van der Waals surface area (Å²) in [5, 5.41) is 14.5. The summed E-state index contributed by atoms with van der Waals surface area (Å²) in [5.74, 6) is -0.307. The molecule has 0 bridgehead atoms. The minimum atomic E-state index is -0.906. The molecule has 0 saturated carbocycles. The highest BCUT2D eigenvalue weighted by molar-refractivity contribution is 7.09. The van der Waals surface area contributed by atoms with Gasteiger partial charge in [-0.15, -0.1) is 0 Å². The molecule has 0 fully saturated rings. The number of amides is 2. The minimum Gasteiger partial charge on any atom is -0.481 e. The summed E-state index contributed by atoms with van der Waals surface area (Å²) in [7, 11) is 0. The van der Waals surface area contributed by atoms with Gasteiger partial charge in [0.25, 0.3) is 0 Å². The summed E-state index contributed by atoms with van der Waals surface area (Å²) in [4.78, 5) is 26.5. The number of rotatable bonds is 5. The maximum atomic E-state index is 11.7. The average Bonchev–Trinajstić information content (AvgIpc) is 2.82. The third-order valence-electron chi connectivity index (χ3n) is 2.65. The maximum Gasteiger partial charge on any atom is 0.321 e. The Hall–Kier alpha value is -2.48. The van der Waals surface area contributed by atoms with Gasteiger partial charge in [0, 0.05) is 18.1 Å². The molecule has 2 aromatic rings. The lowest BCUT2D eigenvalue weighted by atomic mass is 10.0. The summed E-state index contributed by atoms with van der Waals surface area (Å²) in [6.45, 7) is 1.98. The second kappa shape index (κ2) is 6.80. The topological polar surface area (TPSA) is 104 Å². The number of benzene rings is 1. The highest BCUT2D eigenvalue weighted by Crippen LogP contribution is 2.11. The van der Waals surface area contributed by atoms with Crippen molar-refractivity contribution in [1.82, 2.24) is 14.7 Å². The van der Waals surface area contributed by atoms with E-state index in [0.29, 0.717) is 16.5 Å². The smallest absolute Gasteiger partial charge is 0.321 e. The number of carboxylic acids is 1. The van der Waals surface area contributed by atoms with E-state index in [9.17, 15) is 9.59 Å². The molecular weight excluding hydrogens is 292 g/mol. The molecule has 21 heavy (non-hydrogen) atoms. The molecule has 1 aromatic heterocycles. The first-order chi connectivity index (χ1) is 10.0. The molecule has 1 heterocycles. The van der Waals surface area contributed by atoms with Gasteiger partial charge in [-0.3, -0.25) is 10.1 Å². The normalized spacial score (nSPS) is 10.1. The Morgan fingerprint density at radius 1 is 1.29 bits per heavy atom. The number of anilines is 1. The summed E-state index contributed by atoms with van der Waals surface area (Å²) in [6, 6.07) is 6.68. The van der Waals surface area contributed by atoms with Gasteiger partial charge < -0.3 is 10.4 Å². The molecule has 110 valence electrons. The number of aliphatic carboxylic acids is 1. The van der Waals surface area contributed by atoms with Crippen molar-refractivity contribution in [2.24, 2.45) is 0 Å². The second-order valence-corrected chi connectivity index (χ2v) is 5.05. The molecular formula is C13H14N4O3S. The molecule has 0 aliphatic heterocycles. The fraction of sp³-hybridized carbons (Fsp3) is 0.231. The molecule has 0 aliphatic rings. The van der Waals surface area contributed by atoms with E-state index in [1.165, 1.54) is 0 Å². The van der Waals surface area contributed by atoms with Gasteiger partial charge in [0.15, 0.2) is 0 Å². The van der Waals surface area contributed by atoms with Gasteiger partial charge in [0.1, 0.15) is 5.82 Å². The third-order valence-corrected chi connectivity index (χ3v) is 3.37. The zero-order valence-corrected chi connectivity index (χ0v) is 12.1. The molecule has 0 atom stereocenters. The van der Waals surface area contributed by atoms with E-state index in [2.05, 4.69) is 20.0 Å². The van der Waals surface area contributed by atoms with Gasteiger partial charge in [-0.05, 0) is 18.1 Å². The fourth-order valence-corrected chi connectivity index (χ4v) is 2.30. The molecule has 0 aliphatic carbocycles. The monoisotopic (exact) mass is 306 g/mol. The zero-order valence-electron chi connectivity index (χ0n) is 11.3. The quantitative estimate of drug-likeness (QED) is 0.781. The zero-order chi connectivity index (χ0) is 15.2. The molecule has 8 heteroatoms. The molecule has 0 radical (unpaired) electrons. The van der Waals surface area contributed by atoms with Crippen molar-refractivity contribution in [3.8, 4) is 0 Å². The van der Waals surface area contributed by atoms with Gasteiger partial charge in [-0.1, -0.05) is 24.3 Å². The van der Waals surface area contributed by atoms with E-state index in [1.807, 2.05) is 0 Å². The van der Waals surface area contributed by atoms with Crippen LogP contribution in [0.4, 0.5) is 9.93 Å². The molecule has 0 unspecified atom stereocenters. The average molecular weight is 306 g/mol. The van der Waals surface area contributed by atoms with Crippen LogP contribution in [0.15, 0.2) is 24.3 Å². The number of nitrogens with zero attached hydrogens (tertiary/aromatic N) is 2. The van der Waals surface area contributed by atoms with Crippen LogP contribution in [0, 0.1) is 6.92 Å². The molecule has 3 N–H and O–H groups in total. The van der Waals surface area contributed by atoms with E-state index >= 15 is 0 Å². The van der Waals surface area contributed by atoms with Crippen LogP contribution in [0.2, 0.25) is 0 Å². The van der Waals surface area contributed by atoms with Gasteiger partial charge >= 0.3 is 12.0 Å². The number of carbonyl (C=O) groups excluding carboxylic acids is 1. The first kappa shape index (κ1) is 14.9. The summed E-state index contributed by atoms with van der Waals surface area (Å²) < 4.78 is 3.96. The maximum absolute atomic E-state index is 11.7. The van der Waals surface area contributed by atoms with Gasteiger partial charge in [0.05, 0.1) is 6.42 Å². The van der Waals surface area contributed by atoms with Crippen LogP contribution in [0.5, 0.6) is 0 Å². The van der Waals surface area contributed by atoms with Crippen molar-refractivity contribution in [1.29, 1.82) is 0 Å². The van der Waals surface area contributed by atoms with E-state index in [-0.39, 0.29) is 13.0 Å². The summed E-state index contributed by atoms with van der Waals surface area (Å²) in [5.41, 5.74) is 1.44. The molecule has 7 nitrogen and oxygen atoms in total. The van der Waals surface area contributed by atoms with Gasteiger partial charge in [-0.25, -0.2) is 9.78 Å². The van der Waals surface area contributed by atoms with Crippen LogP contribution in [0.3, 0.4) is 0 Å². The van der Waals surface area contributed by atoms with Crippen LogP contribution < -0.4 is 10.6 Å². The highest BCUT2D eigenvalue weighted by atomic mass is 32.1. The second-order valence-electron chi connectivity index (χ2n) is 4.29. The standard InChI is InChI=1S/C13H14N4O3S/c1-8-15-13(21-17-8)16-12(20)14-7-10-5-3-2-4-9(10)6-11(18)19/h2-5H,6-7H2,1H3,(H,18,19)(H2,14,15,16,17,20). The molecule has 0 spiro atoms. The molecule has 0 saturated heterocycles. The number of hydrogen-bond acceptors (Lipinski definition) is 5. The Labute approximate surface area is 125 Å². The van der Waals surface area contributed by atoms with Crippen molar-refractivity contribution < 1.29 is 14.7 Å². The SMILES string of the molecule is Cc1nsc(NC(=O)NCc2ccccc2CC(=O)O)n1. The summed E-state index contributed by atoms with van der Waals surface area (Å²) in [6.07, 6.45) is -0.0743. The van der Waals surface area contributed by atoms with E-state index in [4.69, 9.17) is 5.11 Å². The Morgan fingerprint density at radius 3 is 2.62 bits per heavy atom. The lowest BCUT2D eigenvalue weighted by Gasteiger charge is -2.09. The highest BCUT2D eigenvalue weighted by Gasteiger charge is 2.09. The Morgan fingerprint density at radius 2 is 2.00 bits per heavy atom. The van der Waals surface area contributed by atoms with Crippen LogP contribution in [-0.2, 0) is 17.8 Å². The van der Waals surface area contributed by atoms with Crippen molar-refractivity contribution in [2.45, 2.75) is 19.9 Å². The minimum absolute atomic E-state index is 0.0743. The van der Waals surface area contributed by atoms with Crippen molar-refractivity contribution >= 4 is 28.7 Å². The Balaban J connectivity index is 1.93. The first-order valence-corrected chi connectivity index (χ1v) is 6.95. The van der Waals surface area contributed by atoms with Crippen LogP contribution in [0.25, 0.3) is 0 Å². The Bertz CT molecular complexity index is 656. The van der Waals surface area contributed by atoms with E-state index in [1.54, 1.807) is 31.2 Å². The predicted molar refractivity (Wildman–Crippen MR) is 78.3 cm³/mol. The predicted octanol–water partition coefficient (Wildman–Crippen LogP) is 1.80. The van der Waals surface area contributed by atoms with E-state index < -0.39 is 12.0 Å². The van der Waals surface area contributed by atoms with Gasteiger partial charge in [0.2, 0.25) is 5.13 Å². The van der Waals surface area contributed by atoms with Gasteiger partial charge in [-0.2, -0.15) is 4.37 Å². The number of nitrogens with one attached hydrogen (secondary N) is 2. The molecule has 2 amide bonds. The molecule has 2 rings (SSSR count). The van der Waals surface area contributed by atoms with Crippen molar-refractivity contribution in [3.63, 3.8) is 0 Å². The number of urea groups is 1. The number of hydrogen-bond donors (Lipinski definition) is 3. The van der Waals surface area contributed by atoms with Crippen LogP contribution in [0.1, 0.15) is 17.0 Å². The lowest BCUT2D eigenvalue weighted by Crippen LogP contribution is -2.28. The van der Waals surface area contributed by atoms with Crippen LogP contribution in [-0.4, -0.2) is 26.5 Å². The number of aryl methyl sites for hydroxylation is 1. The van der Waals surface area contributed by atoms with Crippen molar-refractivity contribution in [3.05, 3.63) is 41.2 Å². The number of carboxylic acid groups (broad SMARTS) is 1. The number of aromatic nitrogens is 2. The third kappa shape index (κ3) is 4.53. The lowest BCUT2D eigenvalue weighted by molar-refractivity contribution is -0.136. The Kier molecular flexibility index (Phi) is 4.83. The van der Waals surface area contributed by atoms with Crippen molar-refractivity contribution in [2.75, 3.05) is 5.32 Å². The molecule has 1 aromatic carbocycles. The summed E-state index contributed by atoms with van der Waals surface area (Å²) >= 11 is 1.10. The first-order valence-electron chi connectivity index (χ1n) is 6.18. The fourth-order valence-electron chi connectivity index (χ4n) is 1.73. The van der Waals surface area contributed by atoms with Crippen LogP contribution >= 0.6 is 11.5 Å².